The molecule has 6 heteroatoms. The number of piperazine rings is 1. The lowest BCUT2D eigenvalue weighted by atomic mass is 10.1. The smallest absolute Gasteiger partial charge is 0.246 e. The van der Waals surface area contributed by atoms with Crippen LogP contribution in [0.25, 0.3) is 17.0 Å². The highest BCUT2D eigenvalue weighted by atomic mass is 19.1. The number of nitrogens with zero attached hydrogens (tertiary/aromatic N) is 2. The number of furan rings is 1. The minimum absolute atomic E-state index is 0.0995. The van der Waals surface area contributed by atoms with Gasteiger partial charge in [0.05, 0.1) is 5.69 Å². The quantitative estimate of drug-likeness (QED) is 0.495. The van der Waals surface area contributed by atoms with Crippen LogP contribution in [-0.2, 0) is 4.79 Å². The number of fused-ring (bicyclic) bond motifs is 1. The summed E-state index contributed by atoms with van der Waals surface area (Å²) in [6.07, 6.45) is 3.18. The zero-order valence-electron chi connectivity index (χ0n) is 16.1. The second-order valence-electron chi connectivity index (χ2n) is 7.05. The van der Waals surface area contributed by atoms with Gasteiger partial charge in [-0.15, -0.1) is 0 Å². The summed E-state index contributed by atoms with van der Waals surface area (Å²) in [5, 5.41) is 0.992. The molecule has 1 amide bonds. The van der Waals surface area contributed by atoms with Crippen molar-refractivity contribution >= 4 is 34.4 Å². The molecular formula is C23H21FN2O3. The summed E-state index contributed by atoms with van der Waals surface area (Å²) in [6, 6.07) is 14.1. The molecule has 0 bridgehead atoms. The van der Waals surface area contributed by atoms with Crippen molar-refractivity contribution in [2.24, 2.45) is 0 Å². The van der Waals surface area contributed by atoms with Gasteiger partial charge in [-0.1, -0.05) is 18.2 Å². The molecule has 148 valence electrons. The maximum Gasteiger partial charge on any atom is 0.246 e. The van der Waals surface area contributed by atoms with Gasteiger partial charge in [-0.05, 0) is 43.3 Å². The standard InChI is InChI=1S/C23H21FN2O3/c1-16(27)17-6-8-21(20(24)15-17)25-10-12-26(13-11-25)23(28)9-7-19-14-18-4-2-3-5-22(18)29-19/h2-9,14-15H,10-13H2,1H3. The molecule has 1 saturated heterocycles. The van der Waals surface area contributed by atoms with Crippen molar-refractivity contribution < 1.29 is 18.4 Å². The number of ketones is 1. The average Bonchev–Trinajstić information content (AvgIpc) is 3.15. The maximum atomic E-state index is 14.4. The molecule has 4 rings (SSSR count). The van der Waals surface area contributed by atoms with Crippen molar-refractivity contribution in [2.45, 2.75) is 6.92 Å². The van der Waals surface area contributed by atoms with Crippen LogP contribution >= 0.6 is 0 Å². The number of hydrogen-bond acceptors (Lipinski definition) is 4. The van der Waals surface area contributed by atoms with Crippen molar-refractivity contribution in [3.8, 4) is 0 Å². The van der Waals surface area contributed by atoms with Gasteiger partial charge in [-0.25, -0.2) is 4.39 Å². The van der Waals surface area contributed by atoms with Gasteiger partial charge in [0, 0.05) is 43.2 Å². The van der Waals surface area contributed by atoms with Gasteiger partial charge in [0.25, 0.3) is 0 Å². The molecule has 0 radical (unpaired) electrons. The number of rotatable bonds is 4. The van der Waals surface area contributed by atoms with E-state index in [1.54, 1.807) is 23.1 Å². The summed E-state index contributed by atoms with van der Waals surface area (Å²) < 4.78 is 20.0. The number of anilines is 1. The molecule has 0 spiro atoms. The van der Waals surface area contributed by atoms with E-state index in [9.17, 15) is 14.0 Å². The van der Waals surface area contributed by atoms with Gasteiger partial charge < -0.3 is 14.2 Å². The molecule has 1 aromatic heterocycles. The van der Waals surface area contributed by atoms with Crippen LogP contribution in [0.15, 0.2) is 59.0 Å². The first-order chi connectivity index (χ1) is 14.0. The molecule has 0 atom stereocenters. The van der Waals surface area contributed by atoms with E-state index in [0.29, 0.717) is 43.2 Å². The summed E-state index contributed by atoms with van der Waals surface area (Å²) >= 11 is 0. The maximum absolute atomic E-state index is 14.4. The van der Waals surface area contributed by atoms with Crippen LogP contribution in [0.3, 0.4) is 0 Å². The minimum atomic E-state index is -0.415. The Bertz CT molecular complexity index is 1060. The number of para-hydroxylation sites is 1. The Hall–Kier alpha value is -3.41. The second kappa shape index (κ2) is 7.91. The molecule has 3 aromatic rings. The fourth-order valence-electron chi connectivity index (χ4n) is 3.49. The van der Waals surface area contributed by atoms with Crippen LogP contribution in [0, 0.1) is 5.82 Å². The summed E-state index contributed by atoms with van der Waals surface area (Å²) in [5.74, 6) is -0.0484. The number of benzene rings is 2. The predicted octanol–water partition coefficient (Wildman–Crippen LogP) is 4.14. The molecule has 1 aliphatic rings. The number of amides is 1. The fraction of sp³-hybridized carbons (Fsp3) is 0.217. The number of Topliss-reactive ketones (excluding diaryl/α,β-unsaturated/α-hetero) is 1. The van der Waals surface area contributed by atoms with Crippen LogP contribution < -0.4 is 4.90 Å². The monoisotopic (exact) mass is 392 g/mol. The first-order valence-electron chi connectivity index (χ1n) is 9.52. The third-order valence-electron chi connectivity index (χ3n) is 5.12. The molecule has 5 nitrogen and oxygen atoms in total. The van der Waals surface area contributed by atoms with Gasteiger partial charge in [0.2, 0.25) is 5.91 Å². The van der Waals surface area contributed by atoms with Crippen LogP contribution in [0.5, 0.6) is 0 Å². The van der Waals surface area contributed by atoms with Gasteiger partial charge in [0.1, 0.15) is 17.2 Å². The molecule has 0 aliphatic carbocycles. The Labute approximate surface area is 168 Å². The SMILES string of the molecule is CC(=O)c1ccc(N2CCN(C(=O)C=Cc3cc4ccccc4o3)CC2)c(F)c1. The lowest BCUT2D eigenvalue weighted by Gasteiger charge is -2.35. The molecule has 1 fully saturated rings. The van der Waals surface area contributed by atoms with Crippen LogP contribution in [-0.4, -0.2) is 42.8 Å². The summed E-state index contributed by atoms with van der Waals surface area (Å²) in [5.41, 5.74) is 1.60. The first kappa shape index (κ1) is 18.9. The highest BCUT2D eigenvalue weighted by molar-refractivity contribution is 5.94. The Morgan fingerprint density at radius 1 is 1.03 bits per heavy atom. The molecule has 0 saturated carbocycles. The normalized spacial score (nSPS) is 14.7. The Morgan fingerprint density at radius 2 is 1.79 bits per heavy atom. The van der Waals surface area contributed by atoms with E-state index >= 15 is 0 Å². The van der Waals surface area contributed by atoms with E-state index in [0.717, 1.165) is 11.0 Å². The number of hydrogen-bond donors (Lipinski definition) is 0. The lowest BCUT2D eigenvalue weighted by molar-refractivity contribution is -0.126. The van der Waals surface area contributed by atoms with E-state index in [1.165, 1.54) is 19.1 Å². The van der Waals surface area contributed by atoms with Crippen LogP contribution in [0.4, 0.5) is 10.1 Å². The molecule has 2 heterocycles. The lowest BCUT2D eigenvalue weighted by Crippen LogP contribution is -2.48. The van der Waals surface area contributed by atoms with Gasteiger partial charge in [0.15, 0.2) is 5.78 Å². The molecule has 0 N–H and O–H groups in total. The van der Waals surface area contributed by atoms with E-state index in [1.807, 2.05) is 35.2 Å². The van der Waals surface area contributed by atoms with E-state index in [2.05, 4.69) is 0 Å². The summed E-state index contributed by atoms with van der Waals surface area (Å²) in [6.45, 7) is 3.47. The Kier molecular flexibility index (Phi) is 5.16. The van der Waals surface area contributed by atoms with Crippen molar-refractivity contribution in [2.75, 3.05) is 31.1 Å². The van der Waals surface area contributed by atoms with Gasteiger partial charge >= 0.3 is 0 Å². The minimum Gasteiger partial charge on any atom is -0.457 e. The summed E-state index contributed by atoms with van der Waals surface area (Å²) in [4.78, 5) is 27.5. The van der Waals surface area contributed by atoms with E-state index in [-0.39, 0.29) is 11.7 Å². The van der Waals surface area contributed by atoms with Crippen molar-refractivity contribution in [3.63, 3.8) is 0 Å². The zero-order chi connectivity index (χ0) is 20.4. The molecular weight excluding hydrogens is 371 g/mol. The molecule has 2 aromatic carbocycles. The second-order valence-corrected chi connectivity index (χ2v) is 7.05. The fourth-order valence-corrected chi connectivity index (χ4v) is 3.49. The number of halogens is 1. The highest BCUT2D eigenvalue weighted by Crippen LogP contribution is 2.23. The zero-order valence-corrected chi connectivity index (χ0v) is 16.1. The average molecular weight is 392 g/mol. The third kappa shape index (κ3) is 4.06. The van der Waals surface area contributed by atoms with Crippen LogP contribution in [0.2, 0.25) is 0 Å². The van der Waals surface area contributed by atoms with E-state index in [4.69, 9.17) is 4.42 Å². The predicted molar refractivity (Wildman–Crippen MR) is 110 cm³/mol. The molecule has 1 aliphatic heterocycles. The summed E-state index contributed by atoms with van der Waals surface area (Å²) in [7, 11) is 0. The number of carbonyl (C=O) groups is 2. The largest absolute Gasteiger partial charge is 0.457 e. The molecule has 0 unspecified atom stereocenters. The van der Waals surface area contributed by atoms with Gasteiger partial charge in [-0.3, -0.25) is 9.59 Å². The highest BCUT2D eigenvalue weighted by Gasteiger charge is 2.22. The van der Waals surface area contributed by atoms with Gasteiger partial charge in [-0.2, -0.15) is 0 Å². The Balaban J connectivity index is 1.37. The van der Waals surface area contributed by atoms with Crippen LogP contribution in [0.1, 0.15) is 23.0 Å². The van der Waals surface area contributed by atoms with Crippen molar-refractivity contribution in [3.05, 3.63) is 71.7 Å². The number of carbonyl (C=O) groups excluding carboxylic acids is 2. The third-order valence-corrected chi connectivity index (χ3v) is 5.12. The van der Waals surface area contributed by atoms with Crippen molar-refractivity contribution in [1.29, 1.82) is 0 Å². The molecule has 29 heavy (non-hydrogen) atoms. The first-order valence-corrected chi connectivity index (χ1v) is 9.52. The topological polar surface area (TPSA) is 53.8 Å². The Morgan fingerprint density at radius 3 is 2.48 bits per heavy atom. The van der Waals surface area contributed by atoms with E-state index < -0.39 is 5.82 Å². The van der Waals surface area contributed by atoms with Crippen molar-refractivity contribution in [1.82, 2.24) is 4.90 Å².